The minimum absolute atomic E-state index is 0.236. The maximum atomic E-state index is 13.4. The standard InChI is InChI=1S/C16H17F2N3O2/c1-8(2)21-15(22)10-4-6-13(19-14(10)20-16(21)23)9-3-5-11(17)12(18)7-9/h3,5,7-8,13,19H,4,6H2,1-2H3,(H,20,23)/t13-/m1/s1. The van der Waals surface area contributed by atoms with Crippen LogP contribution in [0.4, 0.5) is 14.6 Å². The van der Waals surface area contributed by atoms with Gasteiger partial charge >= 0.3 is 5.69 Å². The summed E-state index contributed by atoms with van der Waals surface area (Å²) in [4.78, 5) is 27.1. The average Bonchev–Trinajstić information content (AvgIpc) is 2.49. The average molecular weight is 321 g/mol. The molecule has 23 heavy (non-hydrogen) atoms. The third kappa shape index (κ3) is 2.67. The Morgan fingerprint density at radius 3 is 2.61 bits per heavy atom. The Hall–Kier alpha value is -2.44. The number of hydrogen-bond acceptors (Lipinski definition) is 3. The maximum Gasteiger partial charge on any atom is 0.330 e. The summed E-state index contributed by atoms with van der Waals surface area (Å²) in [5.74, 6) is -1.46. The van der Waals surface area contributed by atoms with E-state index in [0.29, 0.717) is 29.8 Å². The Kier molecular flexibility index (Phi) is 3.79. The van der Waals surface area contributed by atoms with Gasteiger partial charge in [-0.05, 0) is 44.4 Å². The SMILES string of the molecule is CC(C)n1c(=O)[nH]c2c(c1=O)CC[C@H](c1ccc(F)c(F)c1)N2. The van der Waals surface area contributed by atoms with Gasteiger partial charge in [-0.25, -0.2) is 13.6 Å². The summed E-state index contributed by atoms with van der Waals surface area (Å²) >= 11 is 0. The minimum atomic E-state index is -0.918. The number of aromatic amines is 1. The number of hydrogen-bond donors (Lipinski definition) is 2. The van der Waals surface area contributed by atoms with Crippen LogP contribution < -0.4 is 16.6 Å². The lowest BCUT2D eigenvalue weighted by Gasteiger charge is -2.27. The Morgan fingerprint density at radius 2 is 1.96 bits per heavy atom. The summed E-state index contributed by atoms with van der Waals surface area (Å²) in [6, 6.07) is 3.17. The molecule has 0 saturated carbocycles. The highest BCUT2D eigenvalue weighted by molar-refractivity contribution is 5.48. The summed E-state index contributed by atoms with van der Waals surface area (Å²) in [5, 5.41) is 3.05. The summed E-state index contributed by atoms with van der Waals surface area (Å²) < 4.78 is 27.6. The molecule has 0 radical (unpaired) electrons. The van der Waals surface area contributed by atoms with Crippen molar-refractivity contribution >= 4 is 5.82 Å². The topological polar surface area (TPSA) is 66.9 Å². The summed E-state index contributed by atoms with van der Waals surface area (Å²) in [6.07, 6.45) is 1.01. The van der Waals surface area contributed by atoms with Crippen molar-refractivity contribution in [3.63, 3.8) is 0 Å². The molecule has 3 rings (SSSR count). The van der Waals surface area contributed by atoms with Crippen molar-refractivity contribution < 1.29 is 8.78 Å². The molecule has 122 valence electrons. The Bertz CT molecular complexity index is 871. The molecule has 0 fully saturated rings. The molecule has 1 aliphatic rings. The molecular weight excluding hydrogens is 304 g/mol. The van der Waals surface area contributed by atoms with Crippen LogP contribution in [0.2, 0.25) is 0 Å². The highest BCUT2D eigenvalue weighted by Crippen LogP contribution is 2.29. The first-order valence-corrected chi connectivity index (χ1v) is 7.47. The molecule has 0 aliphatic carbocycles. The summed E-state index contributed by atoms with van der Waals surface area (Å²) in [5.41, 5.74) is 0.290. The van der Waals surface area contributed by atoms with E-state index < -0.39 is 17.3 Å². The second-order valence-corrected chi connectivity index (χ2v) is 5.96. The fourth-order valence-corrected chi connectivity index (χ4v) is 2.93. The van der Waals surface area contributed by atoms with Crippen molar-refractivity contribution in [3.8, 4) is 0 Å². The van der Waals surface area contributed by atoms with Gasteiger partial charge in [0, 0.05) is 6.04 Å². The fraction of sp³-hybridized carbons (Fsp3) is 0.375. The van der Waals surface area contributed by atoms with Gasteiger partial charge in [-0.3, -0.25) is 14.3 Å². The van der Waals surface area contributed by atoms with Crippen LogP contribution in [-0.4, -0.2) is 9.55 Å². The quantitative estimate of drug-likeness (QED) is 0.893. The Balaban J connectivity index is 2.00. The zero-order valence-corrected chi connectivity index (χ0v) is 12.8. The smallest absolute Gasteiger partial charge is 0.330 e. The molecule has 1 aliphatic heterocycles. The van der Waals surface area contributed by atoms with Crippen LogP contribution in [0.5, 0.6) is 0 Å². The van der Waals surface area contributed by atoms with Crippen molar-refractivity contribution in [2.24, 2.45) is 0 Å². The molecule has 0 spiro atoms. The zero-order chi connectivity index (χ0) is 16.7. The lowest BCUT2D eigenvalue weighted by atomic mass is 9.95. The molecule has 1 aromatic carbocycles. The summed E-state index contributed by atoms with van der Waals surface area (Å²) in [6.45, 7) is 3.53. The van der Waals surface area contributed by atoms with E-state index in [2.05, 4.69) is 10.3 Å². The van der Waals surface area contributed by atoms with E-state index in [0.717, 1.165) is 12.1 Å². The lowest BCUT2D eigenvalue weighted by molar-refractivity contribution is 0.503. The fourth-order valence-electron chi connectivity index (χ4n) is 2.93. The number of halogens is 2. The van der Waals surface area contributed by atoms with E-state index in [1.165, 1.54) is 10.6 Å². The van der Waals surface area contributed by atoms with Crippen LogP contribution >= 0.6 is 0 Å². The Morgan fingerprint density at radius 1 is 1.22 bits per heavy atom. The van der Waals surface area contributed by atoms with Gasteiger partial charge in [-0.15, -0.1) is 0 Å². The second kappa shape index (κ2) is 5.64. The molecule has 0 amide bonds. The molecule has 0 unspecified atom stereocenters. The predicted octanol–water partition coefficient (Wildman–Crippen LogP) is 2.50. The molecule has 1 atom stereocenters. The zero-order valence-electron chi connectivity index (χ0n) is 12.8. The van der Waals surface area contributed by atoms with Crippen molar-refractivity contribution in [1.29, 1.82) is 0 Å². The predicted molar refractivity (Wildman–Crippen MR) is 82.8 cm³/mol. The number of H-pyrrole nitrogens is 1. The van der Waals surface area contributed by atoms with E-state index in [-0.39, 0.29) is 17.6 Å². The largest absolute Gasteiger partial charge is 0.364 e. The number of anilines is 1. The van der Waals surface area contributed by atoms with Gasteiger partial charge in [0.05, 0.1) is 11.6 Å². The molecule has 2 heterocycles. The lowest BCUT2D eigenvalue weighted by Crippen LogP contribution is -2.41. The molecule has 7 heteroatoms. The third-order valence-electron chi connectivity index (χ3n) is 4.09. The monoisotopic (exact) mass is 321 g/mol. The molecular formula is C16H17F2N3O2. The van der Waals surface area contributed by atoms with Crippen LogP contribution in [-0.2, 0) is 6.42 Å². The molecule has 0 bridgehead atoms. The number of benzene rings is 1. The molecule has 2 aromatic rings. The van der Waals surface area contributed by atoms with Crippen LogP contribution in [0.25, 0.3) is 0 Å². The van der Waals surface area contributed by atoms with E-state index in [1.807, 2.05) is 0 Å². The van der Waals surface area contributed by atoms with E-state index in [1.54, 1.807) is 13.8 Å². The normalized spacial score (nSPS) is 17.0. The molecule has 0 saturated heterocycles. The first-order valence-electron chi connectivity index (χ1n) is 7.47. The van der Waals surface area contributed by atoms with Gasteiger partial charge in [0.25, 0.3) is 5.56 Å². The number of rotatable bonds is 2. The Labute approximate surface area is 131 Å². The van der Waals surface area contributed by atoms with E-state index in [9.17, 15) is 18.4 Å². The van der Waals surface area contributed by atoms with E-state index in [4.69, 9.17) is 0 Å². The highest BCUT2D eigenvalue weighted by atomic mass is 19.2. The van der Waals surface area contributed by atoms with E-state index >= 15 is 0 Å². The van der Waals surface area contributed by atoms with Gasteiger partial charge in [0.2, 0.25) is 0 Å². The number of fused-ring (bicyclic) bond motifs is 1. The van der Waals surface area contributed by atoms with Crippen LogP contribution in [0.3, 0.4) is 0 Å². The minimum Gasteiger partial charge on any atom is -0.364 e. The van der Waals surface area contributed by atoms with Gasteiger partial charge in [-0.2, -0.15) is 0 Å². The first-order chi connectivity index (χ1) is 10.9. The van der Waals surface area contributed by atoms with Crippen molar-refractivity contribution in [2.75, 3.05) is 5.32 Å². The van der Waals surface area contributed by atoms with Crippen LogP contribution in [0, 0.1) is 11.6 Å². The highest BCUT2D eigenvalue weighted by Gasteiger charge is 2.25. The van der Waals surface area contributed by atoms with Gasteiger partial charge in [0.1, 0.15) is 5.82 Å². The molecule has 2 N–H and O–H groups in total. The van der Waals surface area contributed by atoms with Crippen LogP contribution in [0.15, 0.2) is 27.8 Å². The maximum absolute atomic E-state index is 13.4. The van der Waals surface area contributed by atoms with Gasteiger partial charge < -0.3 is 5.32 Å². The van der Waals surface area contributed by atoms with Gasteiger partial charge in [0.15, 0.2) is 11.6 Å². The number of nitrogens with zero attached hydrogens (tertiary/aromatic N) is 1. The third-order valence-corrected chi connectivity index (χ3v) is 4.09. The second-order valence-electron chi connectivity index (χ2n) is 5.96. The van der Waals surface area contributed by atoms with Crippen LogP contribution in [0.1, 0.15) is 43.5 Å². The number of nitrogens with one attached hydrogen (secondary N) is 2. The van der Waals surface area contributed by atoms with Crippen molar-refractivity contribution in [1.82, 2.24) is 9.55 Å². The summed E-state index contributed by atoms with van der Waals surface area (Å²) in [7, 11) is 0. The van der Waals surface area contributed by atoms with Crippen molar-refractivity contribution in [2.45, 2.75) is 38.8 Å². The molecule has 5 nitrogen and oxygen atoms in total. The molecule has 1 aromatic heterocycles. The first kappa shape index (κ1) is 15.5. The van der Waals surface area contributed by atoms with Crippen molar-refractivity contribution in [3.05, 3.63) is 61.8 Å². The number of aromatic nitrogens is 2. The van der Waals surface area contributed by atoms with Gasteiger partial charge in [-0.1, -0.05) is 6.07 Å².